The van der Waals surface area contributed by atoms with E-state index in [9.17, 15) is 50.3 Å². The highest BCUT2D eigenvalue weighted by atomic mass is 32.2. The Hall–Kier alpha value is -8.73. The number of rotatable bonds is 12. The molecule has 0 radical (unpaired) electrons. The second-order valence-corrected chi connectivity index (χ2v) is 47.1. The molecule has 5 aliphatic heterocycles. The lowest BCUT2D eigenvalue weighted by Crippen LogP contribution is -2.45. The minimum absolute atomic E-state index is 0.0291. The Morgan fingerprint density at radius 3 is 1.06 bits per heavy atom. The minimum Gasteiger partial charge on any atom is -0.496 e. The molecule has 10 fully saturated rings. The van der Waals surface area contributed by atoms with Gasteiger partial charge < -0.3 is 23.7 Å². The van der Waals surface area contributed by atoms with Crippen LogP contribution in [0.2, 0.25) is 19.6 Å². The van der Waals surface area contributed by atoms with Crippen molar-refractivity contribution in [3.63, 3.8) is 0 Å². The maximum absolute atomic E-state index is 13.2. The third-order valence-electron chi connectivity index (χ3n) is 21.9. The van der Waals surface area contributed by atoms with Gasteiger partial charge in [0.25, 0.3) is 0 Å². The van der Waals surface area contributed by atoms with Crippen LogP contribution < -0.4 is 23.7 Å². The molecule has 127 heavy (non-hydrogen) atoms. The molecule has 0 N–H and O–H groups in total. The number of carbonyl (C=O) groups excluding carboxylic acids is 5. The number of alkyl halides is 6. The predicted molar refractivity (Wildman–Crippen MR) is 531 cm³/mol. The molecular formula is C100H90F6O10S10Si. The zero-order chi connectivity index (χ0) is 91.2. The highest BCUT2D eigenvalue weighted by Gasteiger charge is 2.50. The fourth-order valence-electron chi connectivity index (χ4n) is 16.4. The van der Waals surface area contributed by atoms with Gasteiger partial charge in [-0.05, 0) is 224 Å². The van der Waals surface area contributed by atoms with Gasteiger partial charge in [-0.3, -0.25) is 24.0 Å². The van der Waals surface area contributed by atoms with Crippen LogP contribution in [0.1, 0.15) is 164 Å². The van der Waals surface area contributed by atoms with Crippen molar-refractivity contribution in [2.75, 3.05) is 35.5 Å². The third-order valence-corrected chi connectivity index (χ3v) is 29.5. The summed E-state index contributed by atoms with van der Waals surface area (Å²) in [5.41, 5.74) is 10.7. The van der Waals surface area contributed by atoms with E-state index in [0.717, 1.165) is 134 Å². The number of thioether (sulfide) groups is 5. The van der Waals surface area contributed by atoms with Crippen LogP contribution in [-0.2, 0) is 36.3 Å². The van der Waals surface area contributed by atoms with Crippen LogP contribution >= 0.6 is 120 Å². The van der Waals surface area contributed by atoms with E-state index in [1.807, 2.05) is 91.0 Å². The molecule has 5 saturated carbocycles. The van der Waals surface area contributed by atoms with E-state index >= 15 is 0 Å². The summed E-state index contributed by atoms with van der Waals surface area (Å²) in [5.74, 6) is 23.8. The summed E-state index contributed by atoms with van der Waals surface area (Å²) in [7, 11) is 6.46. The molecule has 10 aliphatic rings. The van der Waals surface area contributed by atoms with Crippen LogP contribution in [0.3, 0.4) is 0 Å². The monoisotopic (exact) mass is 1910 g/mol. The molecule has 0 unspecified atom stereocenters. The van der Waals surface area contributed by atoms with Crippen LogP contribution in [0.5, 0.6) is 28.7 Å². The number of thiocarbonyl (C=S) groups is 5. The highest BCUT2D eigenvalue weighted by molar-refractivity contribution is 8.28. The second-order valence-electron chi connectivity index (χ2n) is 32.9. The molecule has 0 aromatic heterocycles. The van der Waals surface area contributed by atoms with E-state index in [0.29, 0.717) is 63.3 Å². The van der Waals surface area contributed by atoms with Crippen LogP contribution in [0.25, 0.3) is 52.6 Å². The van der Waals surface area contributed by atoms with Crippen molar-refractivity contribution in [1.29, 1.82) is 0 Å². The molecule has 5 aliphatic carbocycles. The molecule has 27 heteroatoms. The van der Waals surface area contributed by atoms with Gasteiger partial charge in [-0.1, -0.05) is 249 Å². The van der Waals surface area contributed by atoms with Gasteiger partial charge in [-0.25, -0.2) is 0 Å². The maximum Gasteiger partial charge on any atom is 0.416 e. The molecule has 0 amide bonds. The van der Waals surface area contributed by atoms with E-state index in [-0.39, 0.29) is 63.7 Å². The first-order valence-electron chi connectivity index (χ1n) is 41.0. The van der Waals surface area contributed by atoms with Crippen molar-refractivity contribution < 1.29 is 74.0 Å². The smallest absolute Gasteiger partial charge is 0.416 e. The average molecular weight is 1910 g/mol. The zero-order valence-corrected chi connectivity index (χ0v) is 80.3. The normalized spacial score (nSPS) is 21.1. The van der Waals surface area contributed by atoms with Gasteiger partial charge >= 0.3 is 12.4 Å². The average Bonchev–Trinajstić information content (AvgIpc) is 1.06. The number of ketones is 5. The largest absolute Gasteiger partial charge is 0.496 e. The van der Waals surface area contributed by atoms with E-state index in [4.69, 9.17) is 84.8 Å². The fourth-order valence-corrected chi connectivity index (χ4v) is 23.0. The summed E-state index contributed by atoms with van der Waals surface area (Å²) in [4.78, 5) is 62.9. The highest BCUT2D eigenvalue weighted by Crippen LogP contribution is 2.60. The predicted octanol–water partition coefficient (Wildman–Crippen LogP) is 26.8. The number of carbonyl (C=O) groups is 5. The first-order chi connectivity index (χ1) is 60.4. The number of ether oxygens (including phenoxy) is 5. The molecule has 5 heterocycles. The van der Waals surface area contributed by atoms with Gasteiger partial charge in [0.15, 0.2) is 28.9 Å². The van der Waals surface area contributed by atoms with Crippen LogP contribution in [0, 0.1) is 71.2 Å². The molecule has 5 saturated heterocycles. The number of methoxy groups -OCH3 is 5. The van der Waals surface area contributed by atoms with Crippen molar-refractivity contribution in [1.82, 2.24) is 0 Å². The fraction of sp³-hybridized carbons (Fsp3) is 0.320. The number of Topliss-reactive ketones (excluding diaryl/α,β-unsaturated/α-hetero) is 5. The molecule has 0 spiro atoms. The molecule has 0 atom stereocenters. The van der Waals surface area contributed by atoms with Gasteiger partial charge in [-0.15, -0.1) is 5.54 Å². The van der Waals surface area contributed by atoms with E-state index in [1.54, 1.807) is 34.5 Å². The molecule has 7 aromatic carbocycles. The molecule has 4 bridgehead atoms. The number of allylic oxidation sites excluding steroid dienone is 5. The Labute approximate surface area is 787 Å². The lowest BCUT2D eigenvalue weighted by Gasteiger charge is -2.54. The number of aryl methyl sites for hydroxylation is 1. The lowest BCUT2D eigenvalue weighted by molar-refractivity contribution is -0.143. The number of hydrogen-bond donors (Lipinski definition) is 0. The Bertz CT molecular complexity index is 5900. The van der Waals surface area contributed by atoms with Crippen molar-refractivity contribution in [3.05, 3.63) is 219 Å². The van der Waals surface area contributed by atoms with Crippen molar-refractivity contribution in [3.8, 4) is 86.1 Å². The molecule has 10 nitrogen and oxygen atoms in total. The van der Waals surface area contributed by atoms with Crippen LogP contribution in [-0.4, -0.2) is 93.5 Å². The maximum atomic E-state index is 13.2. The summed E-state index contributed by atoms with van der Waals surface area (Å²) < 4.78 is 110. The molecule has 17 rings (SSSR count). The molecule has 7 aromatic rings. The second kappa shape index (κ2) is 43.3. The number of hydrogen-bond acceptors (Lipinski definition) is 20. The van der Waals surface area contributed by atoms with E-state index in [1.165, 1.54) is 149 Å². The van der Waals surface area contributed by atoms with Gasteiger partial charge in [0.05, 0.1) is 141 Å². The Kier molecular flexibility index (Phi) is 33.2. The molecule has 656 valence electrons. The summed E-state index contributed by atoms with van der Waals surface area (Å²) >= 11 is 32.2. The zero-order valence-electron chi connectivity index (χ0n) is 71.1. The van der Waals surface area contributed by atoms with Crippen molar-refractivity contribution >= 4 is 208 Å². The standard InChI is InChI=1S/C24H24O2S2.C20H12F6O2S2.C20H20O2S2.C19H16O2S2.C17H18O2S2Si/c1-26-21-3-2-15(10-22-20(25)11-23(27)28-22)9-19(21)4-5-24-12-16-6-17(13-24)8-18(7-16)14-24;1-28-16-3-2-10(5-17-15(27)9-18(29)30-17)4-14(16)11-6-12(19(21,22)23)8-13(7-11)20(24,25)26;1-22-18-10-8-15(12-19-17(21)13-20(23)24-19)11-16(18)9-7-14-5-3-2-4-6-14;1-12-4-3-5-14(8-12)15-9-13(6-7-17(15)21-2)10-18-16(20)11-19(22)23-18;1-19-15-6-5-12(9-13(15)7-8-22(2,3)4)10-16-14(18)11-17(20)21-16/h2-3,9-10,16-18H,6-8,11-14H2,1H3;2-8H,9H2,1H3;8,10-12,14H,2-6,13H2,1H3;3-10H,11H2,1-2H3;5-6,9-10H,11H2,1-4H3/b22-10-;17-5-;19-12-;18-10-;16-10-. The third kappa shape index (κ3) is 27.0. The Morgan fingerprint density at radius 1 is 0.402 bits per heavy atom. The lowest BCUT2D eigenvalue weighted by atomic mass is 9.50. The summed E-state index contributed by atoms with van der Waals surface area (Å²) in [6.45, 7) is 8.67. The first kappa shape index (κ1) is 97.3. The van der Waals surface area contributed by atoms with Crippen LogP contribution in [0.15, 0.2) is 158 Å². The molecular weight excluding hydrogens is 1820 g/mol. The van der Waals surface area contributed by atoms with E-state index < -0.39 is 31.6 Å². The van der Waals surface area contributed by atoms with Gasteiger partial charge in [0.2, 0.25) is 0 Å². The summed E-state index contributed by atoms with van der Waals surface area (Å²) in [6, 6.07) is 37.5. The van der Waals surface area contributed by atoms with Gasteiger partial charge in [0.1, 0.15) is 36.8 Å². The van der Waals surface area contributed by atoms with Crippen molar-refractivity contribution in [2.24, 2.45) is 29.1 Å². The van der Waals surface area contributed by atoms with Gasteiger partial charge in [0, 0.05) is 22.5 Å². The summed E-state index contributed by atoms with van der Waals surface area (Å²) in [6.07, 6.45) is 15.2. The number of halogens is 6. The quantitative estimate of drug-likeness (QED) is 0.0377. The van der Waals surface area contributed by atoms with Gasteiger partial charge in [-0.2, -0.15) is 26.3 Å². The topological polar surface area (TPSA) is 132 Å². The van der Waals surface area contributed by atoms with Crippen molar-refractivity contribution in [2.45, 2.75) is 142 Å². The Morgan fingerprint density at radius 2 is 0.732 bits per heavy atom. The summed E-state index contributed by atoms with van der Waals surface area (Å²) in [5, 5.41) is 0. The van der Waals surface area contributed by atoms with Crippen LogP contribution in [0.4, 0.5) is 26.3 Å². The minimum atomic E-state index is -4.97. The Balaban J connectivity index is 0.000000145. The first-order valence-corrected chi connectivity index (χ1v) is 50.7. The SMILES string of the molecule is COc1ccc(/C=C2\SC(=S)CC2=O)cc1-c1cc(C(F)(F)F)cc(C(F)(F)F)c1.COc1ccc(/C=C2\SC(=S)CC2=O)cc1-c1cccc(C)c1.COc1ccc(/C=C2\SC(=S)CC2=O)cc1C#CC12CC3CC(CC(C3)C1)C2.COc1ccc(/C=C2\SC(=S)CC2=O)cc1C#CC1CCCCC1.COc1ccc(/C=C2\SC(=S)CC2=O)cc1C#C[Si](C)(C)C. The van der Waals surface area contributed by atoms with E-state index in [2.05, 4.69) is 92.0 Å². The number of benzene rings is 7.